The minimum absolute atomic E-state index is 0.0553. The fraction of sp³-hybridized carbons (Fsp3) is 0.579. The van der Waals surface area contributed by atoms with Crippen LogP contribution in [0.5, 0.6) is 0 Å². The summed E-state index contributed by atoms with van der Waals surface area (Å²) in [5, 5.41) is 2.59. The van der Waals surface area contributed by atoms with Crippen molar-refractivity contribution in [3.05, 3.63) is 23.9 Å². The molecule has 0 radical (unpaired) electrons. The van der Waals surface area contributed by atoms with Gasteiger partial charge in [-0.25, -0.2) is 9.78 Å². The highest BCUT2D eigenvalue weighted by Crippen LogP contribution is 2.12. The molecule has 0 saturated heterocycles. The number of rotatable bonds is 8. The zero-order valence-electron chi connectivity index (χ0n) is 16.7. The molecule has 0 bridgehead atoms. The van der Waals surface area contributed by atoms with Crippen molar-refractivity contribution in [1.29, 1.82) is 0 Å². The number of anilines is 1. The molecular formula is C19H29N3O5. The summed E-state index contributed by atoms with van der Waals surface area (Å²) in [7, 11) is 1.57. The van der Waals surface area contributed by atoms with Gasteiger partial charge in [0.25, 0.3) is 0 Å². The first-order valence-corrected chi connectivity index (χ1v) is 8.96. The van der Waals surface area contributed by atoms with Crippen LogP contribution in [-0.4, -0.2) is 53.7 Å². The van der Waals surface area contributed by atoms with Crippen molar-refractivity contribution in [3.8, 4) is 0 Å². The normalized spacial score (nSPS) is 10.9. The Kier molecular flexibility index (Phi) is 8.71. The van der Waals surface area contributed by atoms with Crippen molar-refractivity contribution in [3.63, 3.8) is 0 Å². The molecule has 0 aliphatic heterocycles. The maximum absolute atomic E-state index is 12.0. The van der Waals surface area contributed by atoms with Gasteiger partial charge in [-0.3, -0.25) is 14.9 Å². The number of hydrogen-bond donors (Lipinski definition) is 1. The molecule has 0 spiro atoms. The molecule has 1 aromatic rings. The number of carbonyl (C=O) groups excluding carboxylic acids is 3. The first-order valence-electron chi connectivity index (χ1n) is 8.96. The van der Waals surface area contributed by atoms with Crippen LogP contribution >= 0.6 is 0 Å². The van der Waals surface area contributed by atoms with E-state index in [1.54, 1.807) is 46.9 Å². The Labute approximate surface area is 160 Å². The zero-order chi connectivity index (χ0) is 20.4. The second-order valence-corrected chi connectivity index (χ2v) is 7.05. The Morgan fingerprint density at radius 1 is 1.22 bits per heavy atom. The molecule has 27 heavy (non-hydrogen) atoms. The van der Waals surface area contributed by atoms with E-state index in [0.29, 0.717) is 31.7 Å². The number of nitrogens with zero attached hydrogens (tertiary/aromatic N) is 2. The molecule has 0 atom stereocenters. The van der Waals surface area contributed by atoms with E-state index in [1.165, 1.54) is 4.90 Å². The smallest absolute Gasteiger partial charge is 0.413 e. The number of ether oxygens (including phenoxy) is 2. The molecule has 8 nitrogen and oxygen atoms in total. The summed E-state index contributed by atoms with van der Waals surface area (Å²) >= 11 is 0. The molecule has 1 heterocycles. The summed E-state index contributed by atoms with van der Waals surface area (Å²) < 4.78 is 10.0. The number of nitrogens with one attached hydrogen (secondary N) is 1. The summed E-state index contributed by atoms with van der Waals surface area (Å²) in [6.45, 7) is 7.31. The van der Waals surface area contributed by atoms with Crippen LogP contribution in [0.25, 0.3) is 0 Å². The number of pyridine rings is 1. The SMILES string of the molecule is CCOC(=O)CN(C)C(=O)CCCc1cccc(NC(=O)OC(C)(C)C)n1. The third-order valence-corrected chi connectivity index (χ3v) is 3.36. The van der Waals surface area contributed by atoms with Crippen molar-refractivity contribution in [2.24, 2.45) is 0 Å². The molecule has 0 aliphatic carbocycles. The highest BCUT2D eigenvalue weighted by Gasteiger charge is 2.17. The molecule has 1 aromatic heterocycles. The Morgan fingerprint density at radius 3 is 2.56 bits per heavy atom. The van der Waals surface area contributed by atoms with Crippen LogP contribution in [0.1, 0.15) is 46.2 Å². The first-order chi connectivity index (χ1) is 12.6. The molecule has 150 valence electrons. The number of likely N-dealkylation sites (N-methyl/N-ethyl adjacent to an activating group) is 1. The van der Waals surface area contributed by atoms with Crippen LogP contribution in [-0.2, 0) is 25.5 Å². The Hall–Kier alpha value is -2.64. The van der Waals surface area contributed by atoms with Crippen LogP contribution in [0.3, 0.4) is 0 Å². The van der Waals surface area contributed by atoms with Gasteiger partial charge >= 0.3 is 12.1 Å². The minimum Gasteiger partial charge on any atom is -0.465 e. The third-order valence-electron chi connectivity index (χ3n) is 3.36. The number of hydrogen-bond acceptors (Lipinski definition) is 6. The highest BCUT2D eigenvalue weighted by atomic mass is 16.6. The van der Waals surface area contributed by atoms with Crippen LogP contribution in [0.4, 0.5) is 10.6 Å². The van der Waals surface area contributed by atoms with Crippen LogP contribution in [0.15, 0.2) is 18.2 Å². The van der Waals surface area contributed by atoms with E-state index in [4.69, 9.17) is 9.47 Å². The van der Waals surface area contributed by atoms with Gasteiger partial charge in [-0.05, 0) is 52.7 Å². The molecule has 0 unspecified atom stereocenters. The lowest BCUT2D eigenvalue weighted by atomic mass is 10.1. The Balaban J connectivity index is 2.46. The van der Waals surface area contributed by atoms with E-state index in [1.807, 2.05) is 6.07 Å². The van der Waals surface area contributed by atoms with Gasteiger partial charge in [-0.15, -0.1) is 0 Å². The Bertz CT molecular complexity index is 655. The summed E-state index contributed by atoms with van der Waals surface area (Å²) in [4.78, 5) is 40.9. The molecule has 0 aliphatic rings. The van der Waals surface area contributed by atoms with E-state index in [2.05, 4.69) is 10.3 Å². The third kappa shape index (κ3) is 9.58. The number of esters is 1. The number of amides is 2. The Morgan fingerprint density at radius 2 is 1.93 bits per heavy atom. The lowest BCUT2D eigenvalue weighted by Crippen LogP contribution is -2.32. The molecule has 0 fully saturated rings. The standard InChI is InChI=1S/C19H29N3O5/c1-6-26-17(24)13-22(5)16(23)12-8-10-14-9-7-11-15(20-14)21-18(25)27-19(2,3)4/h7,9,11H,6,8,10,12-13H2,1-5H3,(H,20,21,25). The monoisotopic (exact) mass is 379 g/mol. The predicted octanol–water partition coefficient (Wildman–Crippen LogP) is 2.77. The second-order valence-electron chi connectivity index (χ2n) is 7.05. The van der Waals surface area contributed by atoms with E-state index in [0.717, 1.165) is 5.69 Å². The minimum atomic E-state index is -0.586. The molecular weight excluding hydrogens is 350 g/mol. The quantitative estimate of drug-likeness (QED) is 0.698. The fourth-order valence-electron chi connectivity index (χ4n) is 2.20. The van der Waals surface area contributed by atoms with Gasteiger partial charge in [0.1, 0.15) is 18.0 Å². The summed E-state index contributed by atoms with van der Waals surface area (Å²) in [6.07, 6.45) is 0.877. The lowest BCUT2D eigenvalue weighted by Gasteiger charge is -2.19. The zero-order valence-corrected chi connectivity index (χ0v) is 16.7. The van der Waals surface area contributed by atoms with Crippen molar-refractivity contribution in [2.75, 3.05) is 25.5 Å². The lowest BCUT2D eigenvalue weighted by molar-refractivity contribution is -0.148. The van der Waals surface area contributed by atoms with Crippen molar-refractivity contribution < 1.29 is 23.9 Å². The van der Waals surface area contributed by atoms with Crippen LogP contribution < -0.4 is 5.32 Å². The topological polar surface area (TPSA) is 97.8 Å². The molecule has 8 heteroatoms. The van der Waals surface area contributed by atoms with E-state index in [9.17, 15) is 14.4 Å². The van der Waals surface area contributed by atoms with Crippen LogP contribution in [0.2, 0.25) is 0 Å². The molecule has 1 N–H and O–H groups in total. The van der Waals surface area contributed by atoms with Crippen LogP contribution in [0, 0.1) is 0 Å². The van der Waals surface area contributed by atoms with Gasteiger partial charge in [-0.1, -0.05) is 6.07 Å². The highest BCUT2D eigenvalue weighted by molar-refractivity contribution is 5.83. The van der Waals surface area contributed by atoms with Crippen molar-refractivity contribution in [1.82, 2.24) is 9.88 Å². The summed E-state index contributed by atoms with van der Waals surface area (Å²) in [5.41, 5.74) is 0.168. The van der Waals surface area contributed by atoms with Gasteiger partial charge in [0.15, 0.2) is 0 Å². The number of aryl methyl sites for hydroxylation is 1. The number of carbonyl (C=O) groups is 3. The van der Waals surface area contributed by atoms with Gasteiger partial charge in [0, 0.05) is 19.2 Å². The average molecular weight is 379 g/mol. The first kappa shape index (κ1) is 22.4. The van der Waals surface area contributed by atoms with Gasteiger partial charge in [0.05, 0.1) is 6.61 Å². The fourth-order valence-corrected chi connectivity index (χ4v) is 2.20. The predicted molar refractivity (Wildman–Crippen MR) is 101 cm³/mol. The molecule has 0 saturated carbocycles. The maximum atomic E-state index is 12.0. The van der Waals surface area contributed by atoms with Gasteiger partial charge in [-0.2, -0.15) is 0 Å². The van der Waals surface area contributed by atoms with E-state index in [-0.39, 0.29) is 12.5 Å². The van der Waals surface area contributed by atoms with Crippen molar-refractivity contribution in [2.45, 2.75) is 52.6 Å². The maximum Gasteiger partial charge on any atom is 0.413 e. The second kappa shape index (κ2) is 10.5. The largest absolute Gasteiger partial charge is 0.465 e. The van der Waals surface area contributed by atoms with E-state index >= 15 is 0 Å². The van der Waals surface area contributed by atoms with Gasteiger partial charge in [0.2, 0.25) is 5.91 Å². The molecule has 0 aromatic carbocycles. The van der Waals surface area contributed by atoms with Gasteiger partial charge < -0.3 is 14.4 Å². The molecule has 1 rings (SSSR count). The van der Waals surface area contributed by atoms with Crippen molar-refractivity contribution >= 4 is 23.8 Å². The summed E-state index contributed by atoms with van der Waals surface area (Å²) in [5.74, 6) is -0.158. The molecule has 2 amide bonds. The number of aromatic nitrogens is 1. The average Bonchev–Trinajstić information content (AvgIpc) is 2.53. The van der Waals surface area contributed by atoms with E-state index < -0.39 is 17.7 Å². The summed E-state index contributed by atoms with van der Waals surface area (Å²) in [6, 6.07) is 5.28.